The number of hydrogen-bond acceptors (Lipinski definition) is 5. The number of carbonyl (C=O) groups excluding carboxylic acids is 1. The summed E-state index contributed by atoms with van der Waals surface area (Å²) in [4.78, 5) is 20.0. The summed E-state index contributed by atoms with van der Waals surface area (Å²) in [7, 11) is 3.67. The molecule has 160 valence electrons. The van der Waals surface area contributed by atoms with Crippen molar-refractivity contribution in [3.63, 3.8) is 0 Å². The van der Waals surface area contributed by atoms with Crippen molar-refractivity contribution in [3.8, 4) is 6.07 Å². The zero-order valence-electron chi connectivity index (χ0n) is 16.9. The minimum absolute atomic E-state index is 0.153. The van der Waals surface area contributed by atoms with Crippen LogP contribution in [0.4, 0.5) is 18.9 Å². The standard InChI is InChI=1S/C21H24F3N5O/c1-28(2)9-7-19(30)27-16-10-15(21(22,23)24)12-29(13-16)18-6-5-14(11-25)20-17(18)4-3-8-26-20/h3-6,8,15-16H,7,9-10,12-13H2,1-2H3,(H,27,30)/t15-,16+/m0/s1. The van der Waals surface area contributed by atoms with Gasteiger partial charge in [0.2, 0.25) is 5.91 Å². The highest BCUT2D eigenvalue weighted by Crippen LogP contribution is 2.37. The molecular weight excluding hydrogens is 395 g/mol. The number of nitrogens with one attached hydrogen (secondary N) is 1. The molecule has 1 fully saturated rings. The van der Waals surface area contributed by atoms with Gasteiger partial charge in [0.25, 0.3) is 0 Å². The number of hydrogen-bond donors (Lipinski definition) is 1. The molecular formula is C21H24F3N5O. The lowest BCUT2D eigenvalue weighted by Crippen LogP contribution is -2.54. The van der Waals surface area contributed by atoms with Gasteiger partial charge in [-0.3, -0.25) is 9.78 Å². The number of aromatic nitrogens is 1. The maximum Gasteiger partial charge on any atom is 0.393 e. The van der Waals surface area contributed by atoms with Gasteiger partial charge in [-0.2, -0.15) is 18.4 Å². The lowest BCUT2D eigenvalue weighted by molar-refractivity contribution is -0.178. The number of nitriles is 1. The summed E-state index contributed by atoms with van der Waals surface area (Å²) in [6, 6.07) is 8.12. The van der Waals surface area contributed by atoms with Crippen LogP contribution in [0.25, 0.3) is 10.9 Å². The Bertz CT molecular complexity index is 954. The van der Waals surface area contributed by atoms with Gasteiger partial charge in [0.15, 0.2) is 0 Å². The maximum atomic E-state index is 13.6. The van der Waals surface area contributed by atoms with E-state index in [1.807, 2.05) is 19.0 Å². The molecule has 3 rings (SSSR count). The summed E-state index contributed by atoms with van der Waals surface area (Å²) in [5, 5.41) is 12.7. The summed E-state index contributed by atoms with van der Waals surface area (Å²) in [6.45, 7) is 0.580. The van der Waals surface area contributed by atoms with Gasteiger partial charge in [-0.25, -0.2) is 0 Å². The van der Waals surface area contributed by atoms with Crippen LogP contribution in [0.3, 0.4) is 0 Å². The molecule has 2 heterocycles. The summed E-state index contributed by atoms with van der Waals surface area (Å²) >= 11 is 0. The number of benzene rings is 1. The second-order valence-corrected chi connectivity index (χ2v) is 7.84. The van der Waals surface area contributed by atoms with Crippen molar-refractivity contribution in [2.45, 2.75) is 25.1 Å². The van der Waals surface area contributed by atoms with Gasteiger partial charge in [-0.05, 0) is 44.8 Å². The number of nitrogens with zero attached hydrogens (tertiary/aromatic N) is 4. The zero-order valence-corrected chi connectivity index (χ0v) is 16.9. The zero-order chi connectivity index (χ0) is 21.9. The van der Waals surface area contributed by atoms with Crippen molar-refractivity contribution < 1.29 is 18.0 Å². The van der Waals surface area contributed by atoms with Gasteiger partial charge in [0, 0.05) is 49.4 Å². The first-order valence-corrected chi connectivity index (χ1v) is 9.72. The highest BCUT2D eigenvalue weighted by Gasteiger charge is 2.45. The van der Waals surface area contributed by atoms with Crippen LogP contribution in [0.2, 0.25) is 0 Å². The van der Waals surface area contributed by atoms with Gasteiger partial charge < -0.3 is 15.1 Å². The van der Waals surface area contributed by atoms with Crippen molar-refractivity contribution in [1.29, 1.82) is 5.26 Å². The van der Waals surface area contributed by atoms with Crippen molar-refractivity contribution in [2.24, 2.45) is 5.92 Å². The lowest BCUT2D eigenvalue weighted by atomic mass is 9.92. The molecule has 1 aromatic carbocycles. The Morgan fingerprint density at radius 2 is 2.10 bits per heavy atom. The van der Waals surface area contributed by atoms with Crippen molar-refractivity contribution in [3.05, 3.63) is 36.0 Å². The van der Waals surface area contributed by atoms with Crippen molar-refractivity contribution in [1.82, 2.24) is 15.2 Å². The van der Waals surface area contributed by atoms with Gasteiger partial charge >= 0.3 is 6.18 Å². The van der Waals surface area contributed by atoms with E-state index in [1.54, 1.807) is 35.4 Å². The van der Waals surface area contributed by atoms with E-state index in [0.717, 1.165) is 0 Å². The monoisotopic (exact) mass is 419 g/mol. The number of carbonyl (C=O) groups is 1. The Kier molecular flexibility index (Phi) is 6.46. The molecule has 1 saturated heterocycles. The molecule has 1 aromatic heterocycles. The van der Waals surface area contributed by atoms with E-state index in [2.05, 4.69) is 16.4 Å². The topological polar surface area (TPSA) is 72.3 Å². The number of amides is 1. The van der Waals surface area contributed by atoms with E-state index in [1.165, 1.54) is 0 Å². The van der Waals surface area contributed by atoms with Crippen LogP contribution in [-0.2, 0) is 4.79 Å². The molecule has 0 spiro atoms. The molecule has 0 saturated carbocycles. The number of pyridine rings is 1. The first-order chi connectivity index (χ1) is 14.2. The fourth-order valence-electron chi connectivity index (χ4n) is 3.79. The number of piperidine rings is 1. The molecule has 9 heteroatoms. The van der Waals surface area contributed by atoms with Gasteiger partial charge in [-0.1, -0.05) is 0 Å². The molecule has 0 unspecified atom stereocenters. The average Bonchev–Trinajstić information content (AvgIpc) is 2.70. The number of fused-ring (bicyclic) bond motifs is 1. The van der Waals surface area contributed by atoms with E-state index in [0.29, 0.717) is 28.7 Å². The van der Waals surface area contributed by atoms with E-state index >= 15 is 0 Å². The smallest absolute Gasteiger partial charge is 0.368 e. The van der Waals surface area contributed by atoms with E-state index < -0.39 is 18.1 Å². The summed E-state index contributed by atoms with van der Waals surface area (Å²) in [6.07, 6.45) is -2.74. The minimum atomic E-state index is -4.37. The number of anilines is 1. The van der Waals surface area contributed by atoms with Crippen LogP contribution < -0.4 is 10.2 Å². The largest absolute Gasteiger partial charge is 0.393 e. The van der Waals surface area contributed by atoms with Crippen LogP contribution in [0.5, 0.6) is 0 Å². The Balaban J connectivity index is 1.89. The van der Waals surface area contributed by atoms with Crippen LogP contribution in [-0.4, -0.2) is 61.7 Å². The molecule has 1 amide bonds. The highest BCUT2D eigenvalue weighted by molar-refractivity contribution is 5.95. The normalized spacial score (nSPS) is 19.7. The predicted molar refractivity (Wildman–Crippen MR) is 108 cm³/mol. The third-order valence-corrected chi connectivity index (χ3v) is 5.27. The quantitative estimate of drug-likeness (QED) is 0.807. The molecule has 1 N–H and O–H groups in total. The third-order valence-electron chi connectivity index (χ3n) is 5.27. The molecule has 0 aliphatic carbocycles. The first-order valence-electron chi connectivity index (χ1n) is 9.72. The fourth-order valence-corrected chi connectivity index (χ4v) is 3.79. The van der Waals surface area contributed by atoms with Crippen molar-refractivity contribution >= 4 is 22.5 Å². The minimum Gasteiger partial charge on any atom is -0.368 e. The Morgan fingerprint density at radius 3 is 2.77 bits per heavy atom. The predicted octanol–water partition coefficient (Wildman–Crippen LogP) is 2.93. The second-order valence-electron chi connectivity index (χ2n) is 7.84. The van der Waals surface area contributed by atoms with Crippen LogP contribution in [0.1, 0.15) is 18.4 Å². The Labute approximate surface area is 173 Å². The van der Waals surface area contributed by atoms with Crippen LogP contribution in [0, 0.1) is 17.2 Å². The Hall–Kier alpha value is -2.86. The van der Waals surface area contributed by atoms with E-state index in [4.69, 9.17) is 0 Å². The maximum absolute atomic E-state index is 13.6. The fraction of sp³-hybridized carbons (Fsp3) is 0.476. The molecule has 0 bridgehead atoms. The van der Waals surface area contributed by atoms with E-state index in [-0.39, 0.29) is 31.8 Å². The molecule has 1 aliphatic rings. The average molecular weight is 419 g/mol. The molecule has 0 radical (unpaired) electrons. The molecule has 2 atom stereocenters. The summed E-state index contributed by atoms with van der Waals surface area (Å²) < 4.78 is 40.9. The van der Waals surface area contributed by atoms with Crippen LogP contribution >= 0.6 is 0 Å². The number of alkyl halides is 3. The SMILES string of the molecule is CN(C)CCC(=O)N[C@@H]1C[C@H](C(F)(F)F)CN(c2ccc(C#N)c3ncccc23)C1. The van der Waals surface area contributed by atoms with Gasteiger partial charge in [-0.15, -0.1) is 0 Å². The summed E-state index contributed by atoms with van der Waals surface area (Å²) in [5.41, 5.74) is 1.41. The van der Waals surface area contributed by atoms with Crippen LogP contribution in [0.15, 0.2) is 30.5 Å². The molecule has 2 aromatic rings. The molecule has 6 nitrogen and oxygen atoms in total. The summed E-state index contributed by atoms with van der Waals surface area (Å²) in [5.74, 6) is -1.82. The second kappa shape index (κ2) is 8.88. The number of rotatable bonds is 5. The molecule has 30 heavy (non-hydrogen) atoms. The Morgan fingerprint density at radius 1 is 1.33 bits per heavy atom. The highest BCUT2D eigenvalue weighted by atomic mass is 19.4. The lowest BCUT2D eigenvalue weighted by Gasteiger charge is -2.40. The van der Waals surface area contributed by atoms with Gasteiger partial charge in [0.1, 0.15) is 6.07 Å². The number of halogens is 3. The van der Waals surface area contributed by atoms with Crippen molar-refractivity contribution in [2.75, 3.05) is 38.6 Å². The third kappa shape index (κ3) is 5.00. The van der Waals surface area contributed by atoms with E-state index in [9.17, 15) is 23.2 Å². The first kappa shape index (κ1) is 21.8. The molecule has 1 aliphatic heterocycles. The van der Waals surface area contributed by atoms with Gasteiger partial charge in [0.05, 0.1) is 17.0 Å².